The van der Waals surface area contributed by atoms with E-state index in [0.717, 1.165) is 56.6 Å². The van der Waals surface area contributed by atoms with Gasteiger partial charge in [0.25, 0.3) is 0 Å². The van der Waals surface area contributed by atoms with E-state index in [1.54, 1.807) is 0 Å². The zero-order chi connectivity index (χ0) is 18.2. The number of hydrogen-bond acceptors (Lipinski definition) is 7. The molecule has 1 N–H and O–H groups in total. The number of benzene rings is 1. The van der Waals surface area contributed by atoms with Gasteiger partial charge in [0, 0.05) is 24.6 Å². The highest BCUT2D eigenvalue weighted by Gasteiger charge is 2.32. The molecule has 0 spiro atoms. The Labute approximate surface area is 156 Å². The Kier molecular flexibility index (Phi) is 4.20. The number of rotatable bonds is 3. The summed E-state index contributed by atoms with van der Waals surface area (Å²) in [7, 11) is 0. The summed E-state index contributed by atoms with van der Waals surface area (Å²) in [5.74, 6) is 3.06. The summed E-state index contributed by atoms with van der Waals surface area (Å²) in [6.07, 6.45) is 3.72. The average Bonchev–Trinajstić information content (AvgIpc) is 3.48. The molecule has 0 radical (unpaired) electrons. The Morgan fingerprint density at radius 3 is 2.81 bits per heavy atom. The van der Waals surface area contributed by atoms with Crippen LogP contribution in [0.15, 0.2) is 22.7 Å². The van der Waals surface area contributed by atoms with Crippen molar-refractivity contribution in [2.75, 3.05) is 26.4 Å². The minimum Gasteiger partial charge on any atom is -0.454 e. The minimum atomic E-state index is 0.00237. The molecule has 1 aromatic heterocycles. The van der Waals surface area contributed by atoms with Crippen molar-refractivity contribution in [2.24, 2.45) is 0 Å². The first kappa shape index (κ1) is 16.6. The number of nitrogens with one attached hydrogen (secondary N) is 1. The maximum Gasteiger partial charge on any atom is 0.239 e. The topological polar surface area (TPSA) is 89.7 Å². The average molecular weight is 370 g/mol. The molecule has 3 aliphatic heterocycles. The number of ether oxygens (including phenoxy) is 2. The van der Waals surface area contributed by atoms with Crippen LogP contribution in [-0.4, -0.2) is 53.4 Å². The van der Waals surface area contributed by atoms with Gasteiger partial charge in [-0.05, 0) is 50.4 Å². The van der Waals surface area contributed by atoms with Gasteiger partial charge in [-0.25, -0.2) is 0 Å². The van der Waals surface area contributed by atoms with E-state index in [4.69, 9.17) is 14.0 Å². The van der Waals surface area contributed by atoms with Gasteiger partial charge in [-0.1, -0.05) is 5.16 Å². The molecule has 2 saturated heterocycles. The van der Waals surface area contributed by atoms with Crippen molar-refractivity contribution < 1.29 is 18.8 Å². The summed E-state index contributed by atoms with van der Waals surface area (Å²) in [6.45, 7) is 2.66. The van der Waals surface area contributed by atoms with Gasteiger partial charge in [0.1, 0.15) is 0 Å². The fourth-order valence-electron chi connectivity index (χ4n) is 4.02. The molecule has 0 aliphatic carbocycles. The summed E-state index contributed by atoms with van der Waals surface area (Å²) >= 11 is 0. The number of fused-ring (bicyclic) bond motifs is 1. The van der Waals surface area contributed by atoms with Gasteiger partial charge in [0.15, 0.2) is 11.5 Å². The smallest absolute Gasteiger partial charge is 0.239 e. The molecule has 0 unspecified atom stereocenters. The van der Waals surface area contributed by atoms with Crippen LogP contribution in [0.4, 0.5) is 0 Å². The summed E-state index contributed by atoms with van der Waals surface area (Å²) in [5.41, 5.74) is 0.842. The third-order valence-electron chi connectivity index (χ3n) is 5.59. The third-order valence-corrected chi connectivity index (χ3v) is 5.59. The number of amides is 1. The van der Waals surface area contributed by atoms with Crippen molar-refractivity contribution in [1.29, 1.82) is 0 Å². The number of carbonyl (C=O) groups is 1. The normalized spacial score (nSPS) is 22.4. The van der Waals surface area contributed by atoms with Crippen molar-refractivity contribution in [2.45, 2.75) is 37.6 Å². The Bertz CT molecular complexity index is 838. The molecule has 5 rings (SSSR count). The summed E-state index contributed by atoms with van der Waals surface area (Å²) < 4.78 is 16.3. The van der Waals surface area contributed by atoms with E-state index in [0.29, 0.717) is 17.5 Å². The fourth-order valence-corrected chi connectivity index (χ4v) is 4.02. The molecule has 1 amide bonds. The molecular formula is C19H22N4O4. The van der Waals surface area contributed by atoms with Gasteiger partial charge in [0.2, 0.25) is 24.4 Å². The van der Waals surface area contributed by atoms with Crippen molar-refractivity contribution in [3.8, 4) is 22.9 Å². The third kappa shape index (κ3) is 3.14. The standard InChI is InChI=1S/C19H22N4O4/c24-19(14-2-1-7-20-14)23-8-5-12(6-9-23)18-21-17(22-27-18)13-3-4-15-16(10-13)26-11-25-15/h3-4,10,12,14,20H,1-2,5-9,11H2/t14-/m0/s1. The zero-order valence-corrected chi connectivity index (χ0v) is 15.0. The van der Waals surface area contributed by atoms with Crippen LogP contribution >= 0.6 is 0 Å². The first-order valence-electron chi connectivity index (χ1n) is 9.54. The number of aromatic nitrogens is 2. The number of nitrogens with zero attached hydrogens (tertiary/aromatic N) is 3. The summed E-state index contributed by atoms with van der Waals surface area (Å²) in [5, 5.41) is 7.42. The van der Waals surface area contributed by atoms with E-state index in [9.17, 15) is 4.79 Å². The van der Waals surface area contributed by atoms with E-state index in [1.807, 2.05) is 23.1 Å². The van der Waals surface area contributed by atoms with Crippen LogP contribution in [0.5, 0.6) is 11.5 Å². The largest absolute Gasteiger partial charge is 0.454 e. The Balaban J connectivity index is 1.24. The first-order chi connectivity index (χ1) is 13.3. The molecule has 8 nitrogen and oxygen atoms in total. The lowest BCUT2D eigenvalue weighted by molar-refractivity contribution is -0.134. The molecule has 27 heavy (non-hydrogen) atoms. The van der Waals surface area contributed by atoms with Crippen molar-refractivity contribution in [3.05, 3.63) is 24.1 Å². The quantitative estimate of drug-likeness (QED) is 0.883. The fraction of sp³-hybridized carbons (Fsp3) is 0.526. The number of hydrogen-bond donors (Lipinski definition) is 1. The van der Waals surface area contributed by atoms with Crippen LogP contribution < -0.4 is 14.8 Å². The van der Waals surface area contributed by atoms with E-state index < -0.39 is 0 Å². The molecular weight excluding hydrogens is 348 g/mol. The van der Waals surface area contributed by atoms with Crippen molar-refractivity contribution in [3.63, 3.8) is 0 Å². The summed E-state index contributed by atoms with van der Waals surface area (Å²) in [4.78, 5) is 19.1. The van der Waals surface area contributed by atoms with Gasteiger partial charge in [-0.3, -0.25) is 4.79 Å². The van der Waals surface area contributed by atoms with Crippen LogP contribution in [0.2, 0.25) is 0 Å². The van der Waals surface area contributed by atoms with Gasteiger partial charge in [-0.15, -0.1) is 0 Å². The second-order valence-electron chi connectivity index (χ2n) is 7.27. The van der Waals surface area contributed by atoms with Crippen molar-refractivity contribution in [1.82, 2.24) is 20.4 Å². The number of carbonyl (C=O) groups excluding carboxylic acids is 1. The Hall–Kier alpha value is -2.61. The lowest BCUT2D eigenvalue weighted by atomic mass is 9.96. The van der Waals surface area contributed by atoms with E-state index >= 15 is 0 Å². The highest BCUT2D eigenvalue weighted by atomic mass is 16.7. The van der Waals surface area contributed by atoms with E-state index in [2.05, 4.69) is 15.5 Å². The lowest BCUT2D eigenvalue weighted by Crippen LogP contribution is -2.46. The zero-order valence-electron chi connectivity index (χ0n) is 15.0. The molecule has 8 heteroatoms. The van der Waals surface area contributed by atoms with Crippen LogP contribution in [0.1, 0.15) is 37.5 Å². The van der Waals surface area contributed by atoms with Crippen LogP contribution in [-0.2, 0) is 4.79 Å². The maximum atomic E-state index is 12.5. The van der Waals surface area contributed by atoms with Gasteiger partial charge in [0.05, 0.1) is 6.04 Å². The van der Waals surface area contributed by atoms with Crippen molar-refractivity contribution >= 4 is 5.91 Å². The van der Waals surface area contributed by atoms with E-state index in [1.165, 1.54) is 0 Å². The Morgan fingerprint density at radius 2 is 2.00 bits per heavy atom. The minimum absolute atomic E-state index is 0.00237. The maximum absolute atomic E-state index is 12.5. The van der Waals surface area contributed by atoms with Gasteiger partial charge >= 0.3 is 0 Å². The predicted molar refractivity (Wildman–Crippen MR) is 95.4 cm³/mol. The molecule has 2 fully saturated rings. The predicted octanol–water partition coefficient (Wildman–Crippen LogP) is 1.92. The lowest BCUT2D eigenvalue weighted by Gasteiger charge is -2.32. The van der Waals surface area contributed by atoms with Gasteiger partial charge in [-0.2, -0.15) is 4.98 Å². The first-order valence-corrected chi connectivity index (χ1v) is 9.54. The van der Waals surface area contributed by atoms with Crippen LogP contribution in [0.25, 0.3) is 11.4 Å². The molecule has 0 saturated carbocycles. The van der Waals surface area contributed by atoms with Crippen LogP contribution in [0.3, 0.4) is 0 Å². The second-order valence-corrected chi connectivity index (χ2v) is 7.27. The molecule has 1 atom stereocenters. The molecule has 1 aromatic carbocycles. The van der Waals surface area contributed by atoms with Crippen LogP contribution in [0, 0.1) is 0 Å². The number of likely N-dealkylation sites (tertiary alicyclic amines) is 1. The monoisotopic (exact) mass is 370 g/mol. The highest BCUT2D eigenvalue weighted by Crippen LogP contribution is 2.36. The molecule has 3 aliphatic rings. The summed E-state index contributed by atoms with van der Waals surface area (Å²) in [6, 6.07) is 5.63. The highest BCUT2D eigenvalue weighted by molar-refractivity contribution is 5.82. The SMILES string of the molecule is O=C([C@@H]1CCCN1)N1CCC(c2nc(-c3ccc4c(c3)OCO4)no2)CC1. The molecule has 142 valence electrons. The molecule has 4 heterocycles. The molecule has 0 bridgehead atoms. The Morgan fingerprint density at radius 1 is 1.15 bits per heavy atom. The number of piperidine rings is 1. The second kappa shape index (κ2) is 6.84. The molecule has 2 aromatic rings. The van der Waals surface area contributed by atoms with Gasteiger partial charge < -0.3 is 24.2 Å². The van der Waals surface area contributed by atoms with E-state index in [-0.39, 0.29) is 24.7 Å².